The Kier molecular flexibility index (Phi) is 4.78. The second-order valence-electron chi connectivity index (χ2n) is 7.02. The van der Waals surface area contributed by atoms with Crippen LogP contribution in [0.25, 0.3) is 0 Å². The van der Waals surface area contributed by atoms with Gasteiger partial charge in [-0.3, -0.25) is 9.88 Å². The number of nitrogens with zero attached hydrogens (tertiary/aromatic N) is 5. The molecule has 2 aliphatic heterocycles. The van der Waals surface area contributed by atoms with Crippen molar-refractivity contribution in [2.45, 2.75) is 30.1 Å². The number of hydrogen-bond donors (Lipinski definition) is 0. The molecule has 0 radical (unpaired) electrons. The van der Waals surface area contributed by atoms with Gasteiger partial charge in [-0.1, -0.05) is 6.07 Å². The Hall–Kier alpha value is -2.40. The number of hydrogen-bond acceptors (Lipinski definition) is 8. The van der Waals surface area contributed by atoms with Crippen molar-refractivity contribution in [3.63, 3.8) is 0 Å². The number of ether oxygens (including phenoxy) is 1. The van der Waals surface area contributed by atoms with Gasteiger partial charge in [0.2, 0.25) is 15.9 Å². The maximum Gasteiger partial charge on any atom is 0.249 e. The maximum absolute atomic E-state index is 13.5. The fourth-order valence-corrected chi connectivity index (χ4v) is 6.18. The minimum absolute atomic E-state index is 0.108. The highest BCUT2D eigenvalue weighted by Crippen LogP contribution is 2.36. The van der Waals surface area contributed by atoms with Gasteiger partial charge in [-0.25, -0.2) is 18.4 Å². The lowest BCUT2D eigenvalue weighted by Gasteiger charge is -2.27. The highest BCUT2D eigenvalue weighted by atomic mass is 32.2. The zero-order valence-corrected chi connectivity index (χ0v) is 17.1. The Bertz CT molecular complexity index is 1090. The summed E-state index contributed by atoms with van der Waals surface area (Å²) in [6.07, 6.45) is 4.69. The summed E-state index contributed by atoms with van der Waals surface area (Å²) >= 11 is 1.59. The minimum atomic E-state index is -3.79. The number of thiazole rings is 1. The summed E-state index contributed by atoms with van der Waals surface area (Å²) in [5, 5.41) is 2.94. The lowest BCUT2D eigenvalue weighted by molar-refractivity contribution is 0.143. The minimum Gasteiger partial charge on any atom is -0.470 e. The third-order valence-electron chi connectivity index (χ3n) is 5.15. The van der Waals surface area contributed by atoms with Gasteiger partial charge in [-0.15, -0.1) is 11.3 Å². The monoisotopic (exact) mass is 429 g/mol. The molecule has 1 saturated heterocycles. The average Bonchev–Trinajstić information content (AvgIpc) is 3.36. The molecule has 0 spiro atoms. The molecular weight excluding hydrogens is 410 g/mol. The van der Waals surface area contributed by atoms with Crippen molar-refractivity contribution in [3.8, 4) is 5.88 Å². The van der Waals surface area contributed by atoms with E-state index in [9.17, 15) is 8.42 Å². The second kappa shape index (κ2) is 7.45. The van der Waals surface area contributed by atoms with Crippen LogP contribution >= 0.6 is 11.3 Å². The van der Waals surface area contributed by atoms with Crippen molar-refractivity contribution in [2.24, 2.45) is 0 Å². The van der Waals surface area contributed by atoms with Crippen molar-refractivity contribution in [3.05, 3.63) is 65.0 Å². The van der Waals surface area contributed by atoms with Crippen molar-refractivity contribution >= 4 is 21.4 Å². The van der Waals surface area contributed by atoms with Crippen molar-refractivity contribution in [2.75, 3.05) is 13.1 Å². The highest BCUT2D eigenvalue weighted by molar-refractivity contribution is 7.89. The summed E-state index contributed by atoms with van der Waals surface area (Å²) in [7, 11) is -3.79. The second-order valence-corrected chi connectivity index (χ2v) is 9.86. The SMILES string of the molecule is O=S1(=O)c2cccnc2O[C@@H]2CN(Cc3nccs3)C[C@H]2N1Cc1ccccn1. The average molecular weight is 430 g/mol. The molecule has 0 bridgehead atoms. The molecule has 10 heteroatoms. The van der Waals surface area contributed by atoms with Gasteiger partial charge in [-0.05, 0) is 24.3 Å². The maximum atomic E-state index is 13.5. The third-order valence-corrected chi connectivity index (χ3v) is 7.80. The van der Waals surface area contributed by atoms with Gasteiger partial charge in [-0.2, -0.15) is 4.31 Å². The van der Waals surface area contributed by atoms with Crippen LogP contribution in [0.1, 0.15) is 10.7 Å². The van der Waals surface area contributed by atoms with Gasteiger partial charge >= 0.3 is 0 Å². The van der Waals surface area contributed by atoms with Crippen LogP contribution in [-0.4, -0.2) is 57.8 Å². The first-order valence-corrected chi connectivity index (χ1v) is 11.6. The molecule has 0 unspecified atom stereocenters. The predicted octanol–water partition coefficient (Wildman–Crippen LogP) is 1.77. The lowest BCUT2D eigenvalue weighted by atomic mass is 10.2. The van der Waals surface area contributed by atoms with E-state index in [1.807, 2.05) is 23.6 Å². The Balaban J connectivity index is 1.52. The number of fused-ring (bicyclic) bond motifs is 2. The van der Waals surface area contributed by atoms with Gasteiger partial charge in [0.05, 0.1) is 24.8 Å². The topological polar surface area (TPSA) is 88.5 Å². The first-order chi connectivity index (χ1) is 14.1. The van der Waals surface area contributed by atoms with Crippen molar-refractivity contribution in [1.82, 2.24) is 24.2 Å². The third kappa shape index (κ3) is 3.52. The fourth-order valence-electron chi connectivity index (χ4n) is 3.84. The molecule has 5 heterocycles. The molecule has 3 aromatic heterocycles. The number of likely N-dealkylation sites (tertiary alicyclic amines) is 1. The Labute approximate surface area is 172 Å². The molecule has 29 heavy (non-hydrogen) atoms. The first kappa shape index (κ1) is 18.6. The van der Waals surface area contributed by atoms with Crippen molar-refractivity contribution < 1.29 is 13.2 Å². The van der Waals surface area contributed by atoms with Crippen LogP contribution in [0, 0.1) is 0 Å². The lowest BCUT2D eigenvalue weighted by Crippen LogP contribution is -2.46. The summed E-state index contributed by atoms with van der Waals surface area (Å²) in [6, 6.07) is 8.35. The molecule has 0 saturated carbocycles. The van der Waals surface area contributed by atoms with Crippen LogP contribution < -0.4 is 4.74 Å². The van der Waals surface area contributed by atoms with Gasteiger partial charge in [0.15, 0.2) is 0 Å². The zero-order valence-electron chi connectivity index (χ0n) is 15.5. The summed E-state index contributed by atoms with van der Waals surface area (Å²) < 4.78 is 34.7. The van der Waals surface area contributed by atoms with E-state index in [0.717, 1.165) is 5.01 Å². The normalized spacial score (nSPS) is 23.7. The Morgan fingerprint density at radius 1 is 1.03 bits per heavy atom. The smallest absolute Gasteiger partial charge is 0.249 e. The van der Waals surface area contributed by atoms with Gasteiger partial charge in [0.1, 0.15) is 16.0 Å². The van der Waals surface area contributed by atoms with E-state index in [4.69, 9.17) is 4.74 Å². The zero-order chi connectivity index (χ0) is 19.8. The molecule has 2 aliphatic rings. The standard InChI is InChI=1S/C19H19N5O3S2/c25-29(26)17-5-3-7-22-19(17)27-16-12-23(13-18-21-8-9-28-18)11-15(16)24(29)10-14-4-1-2-6-20-14/h1-9,15-16H,10-13H2/t15-,16-/m1/s1. The first-order valence-electron chi connectivity index (χ1n) is 9.25. The number of aromatic nitrogens is 3. The molecule has 2 atom stereocenters. The molecule has 0 N–H and O–H groups in total. The molecule has 150 valence electrons. The van der Waals surface area contributed by atoms with Gasteiger partial charge in [0.25, 0.3) is 0 Å². The van der Waals surface area contributed by atoms with E-state index < -0.39 is 10.0 Å². The van der Waals surface area contributed by atoms with Gasteiger partial charge in [0, 0.05) is 37.1 Å². The fraction of sp³-hybridized carbons (Fsp3) is 0.316. The molecule has 8 nitrogen and oxygen atoms in total. The molecular formula is C19H19N5O3S2. The van der Waals surface area contributed by atoms with E-state index >= 15 is 0 Å². The summed E-state index contributed by atoms with van der Waals surface area (Å²) in [5.74, 6) is 0.169. The van der Waals surface area contributed by atoms with Crippen LogP contribution in [0.15, 0.2) is 59.2 Å². The number of sulfonamides is 1. The predicted molar refractivity (Wildman–Crippen MR) is 107 cm³/mol. The molecule has 0 aromatic carbocycles. The van der Waals surface area contributed by atoms with Gasteiger partial charge < -0.3 is 4.74 Å². The molecule has 3 aromatic rings. The van der Waals surface area contributed by atoms with E-state index in [1.54, 1.807) is 42.1 Å². The summed E-state index contributed by atoms with van der Waals surface area (Å²) in [5.41, 5.74) is 0.695. The molecule has 1 fully saturated rings. The van der Waals surface area contributed by atoms with E-state index in [1.165, 1.54) is 4.31 Å². The molecule has 0 aliphatic carbocycles. The number of rotatable bonds is 4. The summed E-state index contributed by atoms with van der Waals surface area (Å²) in [6.45, 7) is 2.02. The van der Waals surface area contributed by atoms with Crippen LogP contribution in [0.3, 0.4) is 0 Å². The quantitative estimate of drug-likeness (QED) is 0.624. The molecule has 5 rings (SSSR count). The van der Waals surface area contributed by atoms with Crippen LogP contribution in [-0.2, 0) is 23.1 Å². The van der Waals surface area contributed by atoms with E-state index in [0.29, 0.717) is 25.3 Å². The van der Waals surface area contributed by atoms with E-state index in [2.05, 4.69) is 19.9 Å². The van der Waals surface area contributed by atoms with Crippen LogP contribution in [0.4, 0.5) is 0 Å². The van der Waals surface area contributed by atoms with Crippen molar-refractivity contribution in [1.29, 1.82) is 0 Å². The van der Waals surface area contributed by atoms with Crippen LogP contribution in [0.5, 0.6) is 5.88 Å². The Morgan fingerprint density at radius 2 is 1.93 bits per heavy atom. The Morgan fingerprint density at radius 3 is 2.72 bits per heavy atom. The van der Waals surface area contributed by atoms with E-state index in [-0.39, 0.29) is 29.5 Å². The summed E-state index contributed by atoms with van der Waals surface area (Å²) in [4.78, 5) is 15.2. The number of pyridine rings is 2. The highest BCUT2D eigenvalue weighted by Gasteiger charge is 2.47. The molecule has 0 amide bonds. The van der Waals surface area contributed by atoms with Crippen LogP contribution in [0.2, 0.25) is 0 Å². The largest absolute Gasteiger partial charge is 0.470 e.